The Morgan fingerprint density at radius 2 is 1.81 bits per heavy atom. The van der Waals surface area contributed by atoms with Crippen LogP contribution in [-0.4, -0.2) is 65.8 Å². The highest BCUT2D eigenvalue weighted by Crippen LogP contribution is 2.27. The van der Waals surface area contributed by atoms with Crippen LogP contribution in [0.3, 0.4) is 0 Å². The number of carbonyl (C=O) groups excluding carboxylic acids is 1. The van der Waals surface area contributed by atoms with Gasteiger partial charge in [0.25, 0.3) is 0 Å². The van der Waals surface area contributed by atoms with Crippen molar-refractivity contribution < 1.29 is 19.4 Å². The van der Waals surface area contributed by atoms with Crippen LogP contribution in [0.4, 0.5) is 4.79 Å². The number of likely N-dealkylation sites (tertiary alicyclic amines) is 2. The Morgan fingerprint density at radius 1 is 1.12 bits per heavy atom. The third-order valence-corrected chi connectivity index (χ3v) is 5.55. The fraction of sp³-hybridized carbons (Fsp3) is 0.600. The van der Waals surface area contributed by atoms with E-state index < -0.39 is 5.97 Å². The summed E-state index contributed by atoms with van der Waals surface area (Å²) in [6, 6.07) is 7.80. The van der Waals surface area contributed by atoms with Gasteiger partial charge in [-0.05, 0) is 62.8 Å². The van der Waals surface area contributed by atoms with E-state index in [4.69, 9.17) is 9.84 Å². The van der Waals surface area contributed by atoms with Crippen molar-refractivity contribution in [1.82, 2.24) is 9.80 Å². The quantitative estimate of drug-likeness (QED) is 0.874. The van der Waals surface area contributed by atoms with Crippen LogP contribution in [0.1, 0.15) is 42.1 Å². The number of carboxylic acid groups (broad SMARTS) is 1. The van der Waals surface area contributed by atoms with E-state index in [1.165, 1.54) is 12.0 Å². The number of benzene rings is 1. The summed E-state index contributed by atoms with van der Waals surface area (Å²) < 4.78 is 5.09. The van der Waals surface area contributed by atoms with Crippen molar-refractivity contribution in [3.05, 3.63) is 35.4 Å². The number of rotatable bonds is 5. The van der Waals surface area contributed by atoms with Gasteiger partial charge in [0.05, 0.1) is 12.2 Å². The summed E-state index contributed by atoms with van der Waals surface area (Å²) in [5, 5.41) is 8.98. The molecule has 0 saturated carbocycles. The molecule has 1 N–H and O–H groups in total. The number of piperidine rings is 1. The number of amides is 1. The Morgan fingerprint density at radius 3 is 2.42 bits per heavy atom. The van der Waals surface area contributed by atoms with Crippen LogP contribution in [0.2, 0.25) is 0 Å². The molecule has 2 fully saturated rings. The molecule has 0 unspecified atom stereocenters. The highest BCUT2D eigenvalue weighted by Gasteiger charge is 2.32. The van der Waals surface area contributed by atoms with Crippen LogP contribution >= 0.6 is 0 Å². The number of hydrogen-bond acceptors (Lipinski definition) is 4. The molecule has 1 amide bonds. The highest BCUT2D eigenvalue weighted by atomic mass is 16.6. The summed E-state index contributed by atoms with van der Waals surface area (Å²) in [5.74, 6) is -0.258. The molecule has 26 heavy (non-hydrogen) atoms. The van der Waals surface area contributed by atoms with Crippen molar-refractivity contribution in [2.24, 2.45) is 5.92 Å². The van der Waals surface area contributed by atoms with Gasteiger partial charge in [-0.25, -0.2) is 9.59 Å². The molecular formula is C20H28N2O4. The molecule has 0 aromatic heterocycles. The van der Waals surface area contributed by atoms with E-state index in [0.29, 0.717) is 24.1 Å². The second kappa shape index (κ2) is 8.54. The fourth-order valence-corrected chi connectivity index (χ4v) is 4.11. The number of carboxylic acids is 1. The number of ether oxygens (including phenoxy) is 1. The first kappa shape index (κ1) is 18.7. The Bertz CT molecular complexity index is 623. The van der Waals surface area contributed by atoms with E-state index in [-0.39, 0.29) is 6.09 Å². The Labute approximate surface area is 154 Å². The summed E-state index contributed by atoms with van der Waals surface area (Å²) in [7, 11) is 0. The van der Waals surface area contributed by atoms with E-state index in [2.05, 4.69) is 4.90 Å². The van der Waals surface area contributed by atoms with E-state index in [9.17, 15) is 9.59 Å². The summed E-state index contributed by atoms with van der Waals surface area (Å²) in [6.07, 6.45) is 4.02. The van der Waals surface area contributed by atoms with E-state index in [0.717, 1.165) is 45.4 Å². The molecule has 0 bridgehead atoms. The van der Waals surface area contributed by atoms with E-state index in [1.807, 2.05) is 24.0 Å². The summed E-state index contributed by atoms with van der Waals surface area (Å²) in [5.41, 5.74) is 1.55. The lowest BCUT2D eigenvalue weighted by atomic mass is 9.97. The molecule has 2 heterocycles. The lowest BCUT2D eigenvalue weighted by Crippen LogP contribution is -2.46. The van der Waals surface area contributed by atoms with Gasteiger partial charge in [-0.2, -0.15) is 0 Å². The third-order valence-electron chi connectivity index (χ3n) is 5.55. The standard InChI is InChI=1S/C20H28N2O4/c1-2-26-20(25)21-11-8-18(9-12-21)22-10-7-16(14-22)13-15-3-5-17(6-4-15)19(23)24/h3-6,16,18H,2,7-14H2,1H3,(H,23,24)/t16-/m0/s1. The van der Waals surface area contributed by atoms with Crippen LogP contribution in [0.15, 0.2) is 24.3 Å². The van der Waals surface area contributed by atoms with Gasteiger partial charge in [0, 0.05) is 25.7 Å². The van der Waals surface area contributed by atoms with E-state index >= 15 is 0 Å². The summed E-state index contributed by atoms with van der Waals surface area (Å²) >= 11 is 0. The van der Waals surface area contributed by atoms with Crippen LogP contribution < -0.4 is 0 Å². The third kappa shape index (κ3) is 4.55. The molecular weight excluding hydrogens is 332 g/mol. The SMILES string of the molecule is CCOC(=O)N1CCC(N2CC[C@@H](Cc3ccc(C(=O)O)cc3)C2)CC1. The zero-order chi connectivity index (χ0) is 18.5. The second-order valence-corrected chi connectivity index (χ2v) is 7.27. The monoisotopic (exact) mass is 360 g/mol. The molecule has 3 rings (SSSR count). The first-order valence-corrected chi connectivity index (χ1v) is 9.54. The molecule has 0 radical (unpaired) electrons. The minimum atomic E-state index is -0.877. The smallest absolute Gasteiger partial charge is 0.409 e. The zero-order valence-corrected chi connectivity index (χ0v) is 15.4. The van der Waals surface area contributed by atoms with Crippen molar-refractivity contribution in [2.75, 3.05) is 32.8 Å². The molecule has 2 saturated heterocycles. The normalized spacial score (nSPS) is 21.7. The van der Waals surface area contributed by atoms with Crippen molar-refractivity contribution in [3.8, 4) is 0 Å². The molecule has 1 aromatic carbocycles. The lowest BCUT2D eigenvalue weighted by Gasteiger charge is -2.36. The summed E-state index contributed by atoms with van der Waals surface area (Å²) in [4.78, 5) is 27.1. The molecule has 0 spiro atoms. The summed E-state index contributed by atoms with van der Waals surface area (Å²) in [6.45, 7) is 6.03. The molecule has 2 aliphatic heterocycles. The maximum Gasteiger partial charge on any atom is 0.409 e. The predicted molar refractivity (Wildman–Crippen MR) is 98.4 cm³/mol. The van der Waals surface area contributed by atoms with Gasteiger partial charge in [0.1, 0.15) is 0 Å². The molecule has 6 nitrogen and oxygen atoms in total. The van der Waals surface area contributed by atoms with Crippen molar-refractivity contribution in [1.29, 1.82) is 0 Å². The van der Waals surface area contributed by atoms with Gasteiger partial charge in [0.15, 0.2) is 0 Å². The number of hydrogen-bond donors (Lipinski definition) is 1. The molecule has 1 aromatic rings. The first-order chi connectivity index (χ1) is 12.6. The van der Waals surface area contributed by atoms with Crippen LogP contribution in [0.25, 0.3) is 0 Å². The van der Waals surface area contributed by atoms with Crippen LogP contribution in [0, 0.1) is 5.92 Å². The number of nitrogens with zero attached hydrogens (tertiary/aromatic N) is 2. The molecule has 6 heteroatoms. The number of carbonyl (C=O) groups is 2. The predicted octanol–water partition coefficient (Wildman–Crippen LogP) is 2.87. The van der Waals surface area contributed by atoms with Crippen LogP contribution in [0.5, 0.6) is 0 Å². The van der Waals surface area contributed by atoms with Crippen LogP contribution in [-0.2, 0) is 11.2 Å². The Hall–Kier alpha value is -2.08. The number of aromatic carboxylic acids is 1. The van der Waals surface area contributed by atoms with Crippen molar-refractivity contribution in [2.45, 2.75) is 38.6 Å². The Kier molecular flexibility index (Phi) is 6.14. The fourth-order valence-electron chi connectivity index (χ4n) is 4.11. The molecule has 2 aliphatic rings. The minimum absolute atomic E-state index is 0.185. The Balaban J connectivity index is 1.45. The maximum atomic E-state index is 11.8. The molecule has 1 atom stereocenters. The minimum Gasteiger partial charge on any atom is -0.478 e. The van der Waals surface area contributed by atoms with Gasteiger partial charge in [-0.15, -0.1) is 0 Å². The maximum absolute atomic E-state index is 11.8. The van der Waals surface area contributed by atoms with Gasteiger partial charge in [-0.3, -0.25) is 4.90 Å². The van der Waals surface area contributed by atoms with Gasteiger partial charge < -0.3 is 14.7 Å². The van der Waals surface area contributed by atoms with Crippen molar-refractivity contribution >= 4 is 12.1 Å². The first-order valence-electron chi connectivity index (χ1n) is 9.54. The van der Waals surface area contributed by atoms with Crippen molar-refractivity contribution in [3.63, 3.8) is 0 Å². The lowest BCUT2D eigenvalue weighted by molar-refractivity contribution is 0.0696. The largest absolute Gasteiger partial charge is 0.478 e. The van der Waals surface area contributed by atoms with Gasteiger partial charge in [0.2, 0.25) is 0 Å². The second-order valence-electron chi connectivity index (χ2n) is 7.27. The highest BCUT2D eigenvalue weighted by molar-refractivity contribution is 5.87. The molecule has 0 aliphatic carbocycles. The van der Waals surface area contributed by atoms with E-state index in [1.54, 1.807) is 12.1 Å². The van der Waals surface area contributed by atoms with Gasteiger partial charge in [-0.1, -0.05) is 12.1 Å². The van der Waals surface area contributed by atoms with Gasteiger partial charge >= 0.3 is 12.1 Å². The molecule has 142 valence electrons. The average molecular weight is 360 g/mol. The zero-order valence-electron chi connectivity index (χ0n) is 15.4. The average Bonchev–Trinajstić information content (AvgIpc) is 3.11. The topological polar surface area (TPSA) is 70.1 Å².